The molecule has 3 aromatic rings. The molecule has 0 fully saturated rings. The Hall–Kier alpha value is -3.64. The van der Waals surface area contributed by atoms with Gasteiger partial charge in [0.1, 0.15) is 12.4 Å². The molecule has 6 heteroatoms. The average Bonchev–Trinajstić information content (AvgIpc) is 2.87. The first kappa shape index (κ1) is 23.5. The van der Waals surface area contributed by atoms with Gasteiger partial charge in [-0.05, 0) is 53.4 Å². The number of likely N-dealkylation sites (N-methyl/N-ethyl adjacent to an activating group) is 1. The highest BCUT2D eigenvalue weighted by Crippen LogP contribution is 2.25. The molecule has 1 aliphatic rings. The predicted molar refractivity (Wildman–Crippen MR) is 131 cm³/mol. The van der Waals surface area contributed by atoms with Crippen LogP contribution in [0.4, 0.5) is 0 Å². The maximum Gasteiger partial charge on any atom is 0.253 e. The number of fused-ring (bicyclic) bond motifs is 3. The number of carbonyl (C=O) groups excluding carboxylic acids is 2. The van der Waals surface area contributed by atoms with E-state index in [-0.39, 0.29) is 11.8 Å². The topological polar surface area (TPSA) is 67.9 Å². The van der Waals surface area contributed by atoms with Gasteiger partial charge in [0.15, 0.2) is 0 Å². The van der Waals surface area contributed by atoms with Gasteiger partial charge in [0.2, 0.25) is 0 Å². The summed E-state index contributed by atoms with van der Waals surface area (Å²) in [7, 11) is 1.83. The van der Waals surface area contributed by atoms with E-state index in [9.17, 15) is 9.59 Å². The first-order valence-corrected chi connectivity index (χ1v) is 11.6. The van der Waals surface area contributed by atoms with Crippen LogP contribution in [0.2, 0.25) is 0 Å². The van der Waals surface area contributed by atoms with Gasteiger partial charge in [-0.25, -0.2) is 0 Å². The fraction of sp³-hybridized carbons (Fsp3) is 0.286. The number of benzene rings is 3. The molecule has 1 heterocycles. The van der Waals surface area contributed by atoms with Crippen molar-refractivity contribution in [3.05, 3.63) is 101 Å². The van der Waals surface area contributed by atoms with E-state index in [0.29, 0.717) is 50.5 Å². The lowest BCUT2D eigenvalue weighted by molar-refractivity contribution is 0.0796. The number of carbonyl (C=O) groups is 2. The third-order valence-corrected chi connectivity index (χ3v) is 5.83. The minimum atomic E-state index is -0.122. The molecule has 3 aromatic carbocycles. The smallest absolute Gasteiger partial charge is 0.253 e. The van der Waals surface area contributed by atoms with E-state index < -0.39 is 0 Å². The summed E-state index contributed by atoms with van der Waals surface area (Å²) < 4.78 is 11.5. The second kappa shape index (κ2) is 11.5. The van der Waals surface area contributed by atoms with Gasteiger partial charge in [-0.1, -0.05) is 42.5 Å². The fourth-order valence-electron chi connectivity index (χ4n) is 3.95. The SMILES string of the molecule is CN(CCc1ccccc1)C(=O)c1ccc2c(c1)Cc1cccc(c1)C(=O)NCCOCCO2. The van der Waals surface area contributed by atoms with Gasteiger partial charge in [0.25, 0.3) is 11.8 Å². The molecule has 2 bridgehead atoms. The Morgan fingerprint density at radius 3 is 2.68 bits per heavy atom. The summed E-state index contributed by atoms with van der Waals surface area (Å²) in [4.78, 5) is 27.3. The van der Waals surface area contributed by atoms with Crippen LogP contribution in [-0.2, 0) is 17.6 Å². The fourth-order valence-corrected chi connectivity index (χ4v) is 3.95. The molecule has 0 aliphatic carbocycles. The number of hydrogen-bond donors (Lipinski definition) is 1. The highest BCUT2D eigenvalue weighted by molar-refractivity contribution is 5.95. The van der Waals surface area contributed by atoms with E-state index in [1.54, 1.807) is 11.0 Å². The van der Waals surface area contributed by atoms with Crippen molar-refractivity contribution in [2.24, 2.45) is 0 Å². The van der Waals surface area contributed by atoms with E-state index in [2.05, 4.69) is 17.4 Å². The van der Waals surface area contributed by atoms with Gasteiger partial charge in [-0.3, -0.25) is 9.59 Å². The number of rotatable bonds is 4. The molecule has 0 radical (unpaired) electrons. The Labute approximate surface area is 200 Å². The van der Waals surface area contributed by atoms with Crippen molar-refractivity contribution in [1.82, 2.24) is 10.2 Å². The maximum atomic E-state index is 13.1. The average molecular weight is 459 g/mol. The van der Waals surface area contributed by atoms with E-state index in [0.717, 1.165) is 23.3 Å². The van der Waals surface area contributed by atoms with Crippen LogP contribution in [0.25, 0.3) is 0 Å². The van der Waals surface area contributed by atoms with Gasteiger partial charge in [-0.15, -0.1) is 0 Å². The highest BCUT2D eigenvalue weighted by Gasteiger charge is 2.16. The molecule has 176 valence electrons. The number of nitrogens with zero attached hydrogens (tertiary/aromatic N) is 1. The van der Waals surface area contributed by atoms with Crippen molar-refractivity contribution < 1.29 is 19.1 Å². The largest absolute Gasteiger partial charge is 0.491 e. The van der Waals surface area contributed by atoms with Crippen molar-refractivity contribution in [2.75, 3.05) is 40.0 Å². The number of hydrogen-bond acceptors (Lipinski definition) is 4. The monoisotopic (exact) mass is 458 g/mol. The standard InChI is InChI=1S/C28H30N2O4/c1-30(14-12-21-6-3-2-4-7-21)28(32)24-10-11-26-25(20-24)19-22-8-5-9-23(18-22)27(31)29-13-15-33-16-17-34-26/h2-11,18,20H,12-17,19H2,1H3,(H,29,31). The lowest BCUT2D eigenvalue weighted by Crippen LogP contribution is -2.29. The zero-order valence-electron chi connectivity index (χ0n) is 19.5. The third kappa shape index (κ3) is 6.23. The van der Waals surface area contributed by atoms with Crippen LogP contribution < -0.4 is 10.1 Å². The molecule has 1 aliphatic heterocycles. The third-order valence-electron chi connectivity index (χ3n) is 5.83. The molecule has 0 atom stereocenters. The van der Waals surface area contributed by atoms with E-state index >= 15 is 0 Å². The zero-order valence-corrected chi connectivity index (χ0v) is 19.5. The Balaban J connectivity index is 1.55. The Bertz CT molecular complexity index is 1130. The molecule has 34 heavy (non-hydrogen) atoms. The lowest BCUT2D eigenvalue weighted by Gasteiger charge is -2.19. The van der Waals surface area contributed by atoms with Crippen molar-refractivity contribution in [3.8, 4) is 5.75 Å². The molecule has 2 amide bonds. The van der Waals surface area contributed by atoms with Crippen LogP contribution in [0.3, 0.4) is 0 Å². The number of ether oxygens (including phenoxy) is 2. The molecule has 0 saturated carbocycles. The summed E-state index contributed by atoms with van der Waals surface area (Å²) in [6.07, 6.45) is 1.35. The Morgan fingerprint density at radius 1 is 0.971 bits per heavy atom. The van der Waals surface area contributed by atoms with Crippen LogP contribution in [-0.4, -0.2) is 56.7 Å². The Morgan fingerprint density at radius 2 is 1.82 bits per heavy atom. The molecule has 4 rings (SSSR count). The summed E-state index contributed by atoms with van der Waals surface area (Å²) >= 11 is 0. The zero-order chi connectivity index (χ0) is 23.8. The molecule has 0 aromatic heterocycles. The van der Waals surface area contributed by atoms with E-state index in [1.165, 1.54) is 5.56 Å². The quantitative estimate of drug-likeness (QED) is 0.647. The molecule has 0 spiro atoms. The van der Waals surface area contributed by atoms with Crippen molar-refractivity contribution in [1.29, 1.82) is 0 Å². The van der Waals surface area contributed by atoms with Crippen molar-refractivity contribution in [3.63, 3.8) is 0 Å². The summed E-state index contributed by atoms with van der Waals surface area (Å²) in [5.41, 5.74) is 4.30. The van der Waals surface area contributed by atoms with Crippen LogP contribution in [0.1, 0.15) is 37.4 Å². The first-order valence-electron chi connectivity index (χ1n) is 11.6. The maximum absolute atomic E-state index is 13.1. The van der Waals surface area contributed by atoms with Gasteiger partial charge in [-0.2, -0.15) is 0 Å². The lowest BCUT2D eigenvalue weighted by atomic mass is 9.99. The van der Waals surface area contributed by atoms with Crippen molar-refractivity contribution >= 4 is 11.8 Å². The van der Waals surface area contributed by atoms with Crippen molar-refractivity contribution in [2.45, 2.75) is 12.8 Å². The van der Waals surface area contributed by atoms with Gasteiger partial charge in [0.05, 0.1) is 13.2 Å². The normalized spacial score (nSPS) is 14.2. The Kier molecular flexibility index (Phi) is 7.94. The van der Waals surface area contributed by atoms with Crippen LogP contribution >= 0.6 is 0 Å². The second-order valence-electron chi connectivity index (χ2n) is 8.38. The van der Waals surface area contributed by atoms with Gasteiger partial charge >= 0.3 is 0 Å². The highest BCUT2D eigenvalue weighted by atomic mass is 16.5. The summed E-state index contributed by atoms with van der Waals surface area (Å²) in [5.74, 6) is 0.566. The molecular formula is C28H30N2O4. The van der Waals surface area contributed by atoms with Gasteiger partial charge in [0, 0.05) is 37.7 Å². The molecule has 0 unspecified atom stereocenters. The first-order chi connectivity index (χ1) is 16.6. The summed E-state index contributed by atoms with van der Waals surface area (Å²) in [6, 6.07) is 23.2. The minimum absolute atomic E-state index is 0.0328. The molecule has 1 N–H and O–H groups in total. The van der Waals surface area contributed by atoms with Crippen LogP contribution in [0.15, 0.2) is 72.8 Å². The number of amides is 2. The van der Waals surface area contributed by atoms with E-state index in [4.69, 9.17) is 9.47 Å². The van der Waals surface area contributed by atoms with Gasteiger partial charge < -0.3 is 19.7 Å². The second-order valence-corrected chi connectivity index (χ2v) is 8.38. The minimum Gasteiger partial charge on any atom is -0.491 e. The molecular weight excluding hydrogens is 428 g/mol. The summed E-state index contributed by atoms with van der Waals surface area (Å²) in [5, 5.41) is 2.87. The molecule has 6 nitrogen and oxygen atoms in total. The van der Waals surface area contributed by atoms with E-state index in [1.807, 2.05) is 61.6 Å². The van der Waals surface area contributed by atoms with Crippen LogP contribution in [0, 0.1) is 0 Å². The molecule has 0 saturated heterocycles. The van der Waals surface area contributed by atoms with Crippen LogP contribution in [0.5, 0.6) is 5.75 Å². The summed E-state index contributed by atoms with van der Waals surface area (Å²) in [6.45, 7) is 2.31. The predicted octanol–water partition coefficient (Wildman–Crippen LogP) is 3.73. The number of nitrogens with one attached hydrogen (secondary N) is 1.